The van der Waals surface area contributed by atoms with Gasteiger partial charge in [0.05, 0.1) is 0 Å². The molecule has 1 N–H and O–H groups in total. The van der Waals surface area contributed by atoms with Gasteiger partial charge in [0.15, 0.2) is 5.82 Å². The number of hydrogen-bond acceptors (Lipinski definition) is 4. The smallest absolute Gasteiger partial charge is 0.258 e. The summed E-state index contributed by atoms with van der Waals surface area (Å²) in [7, 11) is 0. The molecule has 104 valence electrons. The molecule has 0 radical (unpaired) electrons. The van der Waals surface area contributed by atoms with E-state index in [4.69, 9.17) is 4.52 Å². The Labute approximate surface area is 122 Å². The molecule has 0 fully saturated rings. The van der Waals surface area contributed by atoms with Crippen molar-refractivity contribution < 1.29 is 4.52 Å². The molecule has 0 bridgehead atoms. The lowest BCUT2D eigenvalue weighted by molar-refractivity contribution is 0.424. The van der Waals surface area contributed by atoms with Gasteiger partial charge in [-0.05, 0) is 29.7 Å². The third-order valence-corrected chi connectivity index (χ3v) is 3.74. The SMILES string of the molecule is c1ccc(Cc2noc(-c3ccc4c(c3)NCC4)n2)cc1. The van der Waals surface area contributed by atoms with Crippen LogP contribution in [0.25, 0.3) is 11.5 Å². The third-order valence-electron chi connectivity index (χ3n) is 3.74. The molecule has 1 aliphatic rings. The maximum absolute atomic E-state index is 5.39. The van der Waals surface area contributed by atoms with Crippen LogP contribution >= 0.6 is 0 Å². The van der Waals surface area contributed by atoms with Crippen LogP contribution in [0, 0.1) is 0 Å². The molecule has 2 heterocycles. The second-order valence-corrected chi connectivity index (χ2v) is 5.23. The van der Waals surface area contributed by atoms with Crippen molar-refractivity contribution >= 4 is 5.69 Å². The molecule has 0 unspecified atom stereocenters. The molecule has 0 saturated heterocycles. The number of benzene rings is 2. The van der Waals surface area contributed by atoms with Crippen LogP contribution in [0.2, 0.25) is 0 Å². The lowest BCUT2D eigenvalue weighted by atomic mass is 10.1. The maximum Gasteiger partial charge on any atom is 0.258 e. The number of anilines is 1. The van der Waals surface area contributed by atoms with Crippen LogP contribution in [-0.4, -0.2) is 16.7 Å². The summed E-state index contributed by atoms with van der Waals surface area (Å²) < 4.78 is 5.39. The number of nitrogens with one attached hydrogen (secondary N) is 1. The molecule has 21 heavy (non-hydrogen) atoms. The van der Waals surface area contributed by atoms with E-state index in [1.54, 1.807) is 0 Å². The van der Waals surface area contributed by atoms with Crippen LogP contribution in [0.15, 0.2) is 53.1 Å². The second-order valence-electron chi connectivity index (χ2n) is 5.23. The summed E-state index contributed by atoms with van der Waals surface area (Å²) in [6.45, 7) is 1.00. The second kappa shape index (κ2) is 5.05. The molecule has 0 aliphatic carbocycles. The minimum atomic E-state index is 0.581. The highest BCUT2D eigenvalue weighted by molar-refractivity contribution is 5.66. The van der Waals surface area contributed by atoms with Gasteiger partial charge >= 0.3 is 0 Å². The van der Waals surface area contributed by atoms with Crippen LogP contribution in [0.4, 0.5) is 5.69 Å². The molecular formula is C17H15N3O. The summed E-state index contributed by atoms with van der Waals surface area (Å²) in [5.41, 5.74) is 4.67. The van der Waals surface area contributed by atoms with Crippen molar-refractivity contribution in [2.24, 2.45) is 0 Å². The lowest BCUT2D eigenvalue weighted by Gasteiger charge is -2.00. The molecule has 2 aromatic carbocycles. The third kappa shape index (κ3) is 2.40. The Hall–Kier alpha value is -2.62. The summed E-state index contributed by atoms with van der Waals surface area (Å²) in [4.78, 5) is 4.50. The van der Waals surface area contributed by atoms with Gasteiger partial charge in [0, 0.05) is 24.2 Å². The fraction of sp³-hybridized carbons (Fsp3) is 0.176. The van der Waals surface area contributed by atoms with E-state index in [1.807, 2.05) is 24.3 Å². The van der Waals surface area contributed by atoms with Gasteiger partial charge in [-0.1, -0.05) is 41.6 Å². The van der Waals surface area contributed by atoms with Gasteiger partial charge in [-0.2, -0.15) is 4.98 Å². The first kappa shape index (κ1) is 12.1. The summed E-state index contributed by atoms with van der Waals surface area (Å²) in [5, 5.41) is 7.44. The van der Waals surface area contributed by atoms with Gasteiger partial charge in [-0.15, -0.1) is 0 Å². The molecule has 0 spiro atoms. The highest BCUT2D eigenvalue weighted by Crippen LogP contribution is 2.28. The van der Waals surface area contributed by atoms with E-state index in [0.717, 1.165) is 18.5 Å². The monoisotopic (exact) mass is 277 g/mol. The zero-order valence-corrected chi connectivity index (χ0v) is 11.5. The first-order valence-corrected chi connectivity index (χ1v) is 7.12. The Kier molecular flexibility index (Phi) is 2.92. The van der Waals surface area contributed by atoms with E-state index in [-0.39, 0.29) is 0 Å². The number of rotatable bonds is 3. The van der Waals surface area contributed by atoms with Gasteiger partial charge in [0.1, 0.15) is 0 Å². The Morgan fingerprint density at radius 2 is 2.00 bits per heavy atom. The zero-order chi connectivity index (χ0) is 14.1. The molecule has 0 atom stereocenters. The molecule has 1 aliphatic heterocycles. The number of aromatic nitrogens is 2. The highest BCUT2D eigenvalue weighted by atomic mass is 16.5. The van der Waals surface area contributed by atoms with Crippen LogP contribution in [0.5, 0.6) is 0 Å². The van der Waals surface area contributed by atoms with E-state index in [1.165, 1.54) is 16.8 Å². The van der Waals surface area contributed by atoms with E-state index >= 15 is 0 Å². The van der Waals surface area contributed by atoms with Crippen molar-refractivity contribution in [2.45, 2.75) is 12.8 Å². The van der Waals surface area contributed by atoms with Crippen LogP contribution in [-0.2, 0) is 12.8 Å². The quantitative estimate of drug-likeness (QED) is 0.798. The first-order chi connectivity index (χ1) is 10.4. The Bertz CT molecular complexity index is 765. The van der Waals surface area contributed by atoms with Crippen LogP contribution in [0.3, 0.4) is 0 Å². The first-order valence-electron chi connectivity index (χ1n) is 7.12. The highest BCUT2D eigenvalue weighted by Gasteiger charge is 2.14. The van der Waals surface area contributed by atoms with Crippen LogP contribution < -0.4 is 5.32 Å². The zero-order valence-electron chi connectivity index (χ0n) is 11.5. The van der Waals surface area contributed by atoms with Crippen LogP contribution in [0.1, 0.15) is 17.0 Å². The summed E-state index contributed by atoms with van der Waals surface area (Å²) in [5.74, 6) is 1.29. The summed E-state index contributed by atoms with van der Waals surface area (Å²) >= 11 is 0. The number of nitrogens with zero attached hydrogens (tertiary/aromatic N) is 2. The molecule has 1 aromatic heterocycles. The summed E-state index contributed by atoms with van der Waals surface area (Å²) in [6.07, 6.45) is 1.77. The number of fused-ring (bicyclic) bond motifs is 1. The molecule has 3 aromatic rings. The van der Waals surface area contributed by atoms with Gasteiger partial charge < -0.3 is 9.84 Å². The predicted octanol–water partition coefficient (Wildman–Crippen LogP) is 3.30. The molecular weight excluding hydrogens is 262 g/mol. The normalized spacial score (nSPS) is 13.0. The predicted molar refractivity (Wildman–Crippen MR) is 81.2 cm³/mol. The van der Waals surface area contributed by atoms with Crippen molar-refractivity contribution in [1.29, 1.82) is 0 Å². The van der Waals surface area contributed by atoms with E-state index in [2.05, 4.69) is 39.7 Å². The van der Waals surface area contributed by atoms with Crippen molar-refractivity contribution in [1.82, 2.24) is 10.1 Å². The molecule has 0 saturated carbocycles. The maximum atomic E-state index is 5.39. The Morgan fingerprint density at radius 1 is 1.10 bits per heavy atom. The largest absolute Gasteiger partial charge is 0.384 e. The lowest BCUT2D eigenvalue weighted by Crippen LogP contribution is -1.91. The van der Waals surface area contributed by atoms with Crippen molar-refractivity contribution in [3.05, 3.63) is 65.5 Å². The minimum Gasteiger partial charge on any atom is -0.384 e. The van der Waals surface area contributed by atoms with Gasteiger partial charge in [-0.25, -0.2) is 0 Å². The van der Waals surface area contributed by atoms with E-state index in [0.29, 0.717) is 18.1 Å². The van der Waals surface area contributed by atoms with E-state index in [9.17, 15) is 0 Å². The topological polar surface area (TPSA) is 51.0 Å². The van der Waals surface area contributed by atoms with Gasteiger partial charge in [0.25, 0.3) is 5.89 Å². The number of hydrogen-bond donors (Lipinski definition) is 1. The van der Waals surface area contributed by atoms with Crippen molar-refractivity contribution in [3.8, 4) is 11.5 Å². The fourth-order valence-corrected chi connectivity index (χ4v) is 2.65. The van der Waals surface area contributed by atoms with Crippen molar-refractivity contribution in [3.63, 3.8) is 0 Å². The average Bonchev–Trinajstić information content (AvgIpc) is 3.16. The van der Waals surface area contributed by atoms with Gasteiger partial charge in [-0.3, -0.25) is 0 Å². The van der Waals surface area contributed by atoms with Gasteiger partial charge in [0.2, 0.25) is 0 Å². The Morgan fingerprint density at radius 3 is 2.90 bits per heavy atom. The molecule has 4 nitrogen and oxygen atoms in total. The average molecular weight is 277 g/mol. The van der Waals surface area contributed by atoms with E-state index < -0.39 is 0 Å². The molecule has 0 amide bonds. The minimum absolute atomic E-state index is 0.581. The molecule has 4 heteroatoms. The fourth-order valence-electron chi connectivity index (χ4n) is 2.65. The Balaban J connectivity index is 1.59. The van der Waals surface area contributed by atoms with Crippen molar-refractivity contribution in [2.75, 3.05) is 11.9 Å². The molecule has 4 rings (SSSR count). The summed E-state index contributed by atoms with van der Waals surface area (Å²) in [6, 6.07) is 16.4. The standard InChI is InChI=1S/C17H15N3O/c1-2-4-12(5-3-1)10-16-19-17(21-20-16)14-7-6-13-8-9-18-15(13)11-14/h1-7,11,18H,8-10H2.